The predicted octanol–water partition coefficient (Wildman–Crippen LogP) is 4.55. The first-order chi connectivity index (χ1) is 14.5. The number of benzene rings is 2. The number of anilines is 1. The second-order valence-corrected chi connectivity index (χ2v) is 6.49. The van der Waals surface area contributed by atoms with Gasteiger partial charge in [-0.25, -0.2) is 9.97 Å². The van der Waals surface area contributed by atoms with Gasteiger partial charge in [-0.2, -0.15) is 0 Å². The second kappa shape index (κ2) is 9.56. The van der Waals surface area contributed by atoms with Crippen molar-refractivity contribution in [2.45, 2.75) is 13.8 Å². The molecule has 0 atom stereocenters. The summed E-state index contributed by atoms with van der Waals surface area (Å²) in [7, 11) is 3.16. The van der Waals surface area contributed by atoms with Crippen molar-refractivity contribution in [2.75, 3.05) is 19.5 Å². The molecule has 7 heteroatoms. The van der Waals surface area contributed by atoms with Crippen LogP contribution in [0.5, 0.6) is 23.3 Å². The highest BCUT2D eigenvalue weighted by atomic mass is 16.5. The van der Waals surface area contributed by atoms with Gasteiger partial charge in [-0.15, -0.1) is 0 Å². The number of carbonyl (C=O) groups is 1. The zero-order valence-corrected chi connectivity index (χ0v) is 17.3. The van der Waals surface area contributed by atoms with E-state index >= 15 is 0 Å². The minimum Gasteiger partial charge on any atom is -0.497 e. The topological polar surface area (TPSA) is 82.6 Å². The molecule has 0 spiro atoms. The van der Waals surface area contributed by atoms with Crippen LogP contribution in [0.15, 0.2) is 54.6 Å². The highest BCUT2D eigenvalue weighted by Crippen LogP contribution is 2.25. The maximum atomic E-state index is 12.4. The molecular weight excluding hydrogens is 382 g/mol. The zero-order chi connectivity index (χ0) is 21.5. The Bertz CT molecular complexity index is 1060. The van der Waals surface area contributed by atoms with E-state index in [-0.39, 0.29) is 11.9 Å². The lowest BCUT2D eigenvalue weighted by Gasteiger charge is -2.08. The summed E-state index contributed by atoms with van der Waals surface area (Å²) in [4.78, 5) is 20.9. The molecule has 154 valence electrons. The number of aromatic nitrogens is 2. The third kappa shape index (κ3) is 5.57. The van der Waals surface area contributed by atoms with Crippen LogP contribution in [0, 0.1) is 13.8 Å². The Morgan fingerprint density at radius 1 is 0.933 bits per heavy atom. The SMILES string of the molecule is COc1ccc(OC)c(/C=C/C(=O)Nc2cccc(Oc3nc(C)cc(C)n3)c2)c1. The Hall–Kier alpha value is -3.87. The highest BCUT2D eigenvalue weighted by Gasteiger charge is 2.06. The standard InChI is InChI=1S/C23H23N3O4/c1-15-12-16(2)25-23(24-15)30-20-7-5-6-18(14-20)26-22(27)11-8-17-13-19(28-3)9-10-21(17)29-4/h5-14H,1-4H3,(H,26,27)/b11-8+. The van der Waals surface area contributed by atoms with Crippen molar-refractivity contribution in [3.63, 3.8) is 0 Å². The summed E-state index contributed by atoms with van der Waals surface area (Å²) < 4.78 is 16.3. The van der Waals surface area contributed by atoms with Crippen molar-refractivity contribution in [1.29, 1.82) is 0 Å². The highest BCUT2D eigenvalue weighted by molar-refractivity contribution is 6.02. The van der Waals surface area contributed by atoms with Crippen molar-refractivity contribution < 1.29 is 19.0 Å². The number of aryl methyl sites for hydroxylation is 2. The van der Waals surface area contributed by atoms with Gasteiger partial charge in [0.15, 0.2) is 0 Å². The molecule has 2 aromatic carbocycles. The van der Waals surface area contributed by atoms with Gasteiger partial charge in [0.1, 0.15) is 17.2 Å². The van der Waals surface area contributed by atoms with E-state index in [1.165, 1.54) is 6.08 Å². The number of rotatable bonds is 7. The molecule has 0 fully saturated rings. The van der Waals surface area contributed by atoms with Crippen LogP contribution in [0.25, 0.3) is 6.08 Å². The quantitative estimate of drug-likeness (QED) is 0.581. The lowest BCUT2D eigenvalue weighted by atomic mass is 10.1. The molecule has 3 rings (SSSR count). The fourth-order valence-corrected chi connectivity index (χ4v) is 2.80. The van der Waals surface area contributed by atoms with Crippen molar-refractivity contribution in [1.82, 2.24) is 9.97 Å². The normalized spacial score (nSPS) is 10.7. The second-order valence-electron chi connectivity index (χ2n) is 6.49. The molecule has 0 saturated carbocycles. The smallest absolute Gasteiger partial charge is 0.322 e. The fourth-order valence-electron chi connectivity index (χ4n) is 2.80. The molecule has 1 N–H and O–H groups in total. The fraction of sp³-hybridized carbons (Fsp3) is 0.174. The lowest BCUT2D eigenvalue weighted by Crippen LogP contribution is -2.07. The molecule has 0 aliphatic rings. The van der Waals surface area contributed by atoms with Gasteiger partial charge < -0.3 is 19.5 Å². The Morgan fingerprint density at radius 3 is 2.40 bits per heavy atom. The number of ether oxygens (including phenoxy) is 3. The molecule has 1 aromatic heterocycles. The van der Waals surface area contributed by atoms with Crippen LogP contribution >= 0.6 is 0 Å². The van der Waals surface area contributed by atoms with Gasteiger partial charge >= 0.3 is 6.01 Å². The van der Waals surface area contributed by atoms with Crippen LogP contribution in [0.3, 0.4) is 0 Å². The van der Waals surface area contributed by atoms with Gasteiger partial charge in [0.25, 0.3) is 0 Å². The third-order valence-corrected chi connectivity index (χ3v) is 4.12. The summed E-state index contributed by atoms with van der Waals surface area (Å²) in [5.74, 6) is 1.55. The summed E-state index contributed by atoms with van der Waals surface area (Å²) in [6.07, 6.45) is 3.10. The molecular formula is C23H23N3O4. The molecule has 1 heterocycles. The van der Waals surface area contributed by atoms with Crippen LogP contribution in [0.4, 0.5) is 5.69 Å². The number of carbonyl (C=O) groups excluding carboxylic acids is 1. The van der Waals surface area contributed by atoms with Gasteiger partial charge in [0.05, 0.1) is 14.2 Å². The Kier molecular flexibility index (Phi) is 6.64. The van der Waals surface area contributed by atoms with Gasteiger partial charge in [-0.05, 0) is 56.3 Å². The maximum absolute atomic E-state index is 12.4. The van der Waals surface area contributed by atoms with Gasteiger partial charge in [-0.1, -0.05) is 6.07 Å². The Morgan fingerprint density at radius 2 is 1.70 bits per heavy atom. The third-order valence-electron chi connectivity index (χ3n) is 4.12. The van der Waals surface area contributed by atoms with E-state index in [4.69, 9.17) is 14.2 Å². The van der Waals surface area contributed by atoms with Crippen molar-refractivity contribution in [2.24, 2.45) is 0 Å². The lowest BCUT2D eigenvalue weighted by molar-refractivity contribution is -0.111. The number of nitrogens with one attached hydrogen (secondary N) is 1. The molecule has 30 heavy (non-hydrogen) atoms. The molecule has 1 amide bonds. The van der Waals surface area contributed by atoms with Gasteiger partial charge in [-0.3, -0.25) is 4.79 Å². The Labute approximate surface area is 175 Å². The molecule has 0 aliphatic heterocycles. The van der Waals surface area contributed by atoms with E-state index < -0.39 is 0 Å². The molecule has 0 unspecified atom stereocenters. The summed E-state index contributed by atoms with van der Waals surface area (Å²) in [6.45, 7) is 3.75. The van der Waals surface area contributed by atoms with Crippen LogP contribution in [0.2, 0.25) is 0 Å². The van der Waals surface area contributed by atoms with Crippen molar-refractivity contribution in [3.05, 3.63) is 71.6 Å². The largest absolute Gasteiger partial charge is 0.497 e. The van der Waals surface area contributed by atoms with E-state index in [0.717, 1.165) is 17.0 Å². The van der Waals surface area contributed by atoms with Crippen molar-refractivity contribution >= 4 is 17.7 Å². The van der Waals surface area contributed by atoms with Crippen LogP contribution in [0.1, 0.15) is 17.0 Å². The number of amides is 1. The van der Waals surface area contributed by atoms with Gasteiger partial charge in [0, 0.05) is 34.8 Å². The van der Waals surface area contributed by atoms with E-state index in [0.29, 0.717) is 22.9 Å². The molecule has 0 bridgehead atoms. The van der Waals surface area contributed by atoms with E-state index in [2.05, 4.69) is 15.3 Å². The summed E-state index contributed by atoms with van der Waals surface area (Å²) in [5, 5.41) is 2.81. The molecule has 3 aromatic rings. The zero-order valence-electron chi connectivity index (χ0n) is 17.3. The molecule has 0 saturated heterocycles. The molecule has 0 aliphatic carbocycles. The average molecular weight is 405 g/mol. The van der Waals surface area contributed by atoms with Crippen LogP contribution in [-0.4, -0.2) is 30.1 Å². The number of nitrogens with zero attached hydrogens (tertiary/aromatic N) is 2. The van der Waals surface area contributed by atoms with Gasteiger partial charge in [0.2, 0.25) is 5.91 Å². The first-order valence-electron chi connectivity index (χ1n) is 9.28. The monoisotopic (exact) mass is 405 g/mol. The van der Waals surface area contributed by atoms with E-state index in [9.17, 15) is 4.79 Å². The summed E-state index contributed by atoms with van der Waals surface area (Å²) in [6, 6.07) is 14.5. The summed E-state index contributed by atoms with van der Waals surface area (Å²) >= 11 is 0. The van der Waals surface area contributed by atoms with E-state index in [1.54, 1.807) is 62.8 Å². The first kappa shape index (κ1) is 20.9. The maximum Gasteiger partial charge on any atom is 0.322 e. The molecule has 0 radical (unpaired) electrons. The minimum atomic E-state index is -0.292. The minimum absolute atomic E-state index is 0.265. The molecule has 7 nitrogen and oxygen atoms in total. The average Bonchev–Trinajstić information content (AvgIpc) is 2.71. The predicted molar refractivity (Wildman–Crippen MR) is 115 cm³/mol. The van der Waals surface area contributed by atoms with Crippen molar-refractivity contribution in [3.8, 4) is 23.3 Å². The van der Waals surface area contributed by atoms with Crippen LogP contribution in [-0.2, 0) is 4.79 Å². The summed E-state index contributed by atoms with van der Waals surface area (Å²) in [5.41, 5.74) is 2.96. The van der Waals surface area contributed by atoms with E-state index in [1.807, 2.05) is 19.9 Å². The number of hydrogen-bond donors (Lipinski definition) is 1. The Balaban J connectivity index is 1.70. The number of methoxy groups -OCH3 is 2. The van der Waals surface area contributed by atoms with Crippen LogP contribution < -0.4 is 19.5 Å². The first-order valence-corrected chi connectivity index (χ1v) is 9.28. The number of hydrogen-bond acceptors (Lipinski definition) is 6.